The Morgan fingerprint density at radius 2 is 1.86 bits per heavy atom. The molecule has 1 heterocycles. The van der Waals surface area contributed by atoms with E-state index in [1.807, 2.05) is 31.2 Å². The Kier molecular flexibility index (Phi) is 4.32. The second-order valence-corrected chi connectivity index (χ2v) is 7.15. The Hall–Kier alpha value is -1.65. The Balaban J connectivity index is 1.76. The maximum atomic E-state index is 12.4. The highest BCUT2D eigenvalue weighted by molar-refractivity contribution is 7.16. The van der Waals surface area contributed by atoms with Crippen LogP contribution >= 0.6 is 11.3 Å². The summed E-state index contributed by atoms with van der Waals surface area (Å²) in [6.07, 6.45) is 4.78. The fourth-order valence-corrected chi connectivity index (χ4v) is 4.26. The maximum Gasteiger partial charge on any atom is 0.246 e. The number of rotatable bonds is 3. The van der Waals surface area contributed by atoms with Crippen LogP contribution in [0.3, 0.4) is 0 Å². The minimum atomic E-state index is -0.626. The molecule has 3 N–H and O–H groups in total. The van der Waals surface area contributed by atoms with Crippen LogP contribution in [0.4, 0.5) is 5.00 Å². The molecular weight excluding hydrogens is 292 g/mol. The number of amides is 1. The highest BCUT2D eigenvalue weighted by atomic mass is 32.1. The predicted molar refractivity (Wildman–Crippen MR) is 92.4 cm³/mol. The van der Waals surface area contributed by atoms with Crippen molar-refractivity contribution in [3.8, 4) is 0 Å². The third-order valence-electron chi connectivity index (χ3n) is 4.39. The van der Waals surface area contributed by atoms with Crippen molar-refractivity contribution in [2.24, 2.45) is 5.73 Å². The summed E-state index contributed by atoms with van der Waals surface area (Å²) in [6, 6.07) is 7.19. The lowest BCUT2D eigenvalue weighted by atomic mass is 9.96. The molecule has 1 amide bonds. The molecule has 1 aliphatic carbocycles. The van der Waals surface area contributed by atoms with E-state index in [0.717, 1.165) is 29.0 Å². The van der Waals surface area contributed by atoms with Gasteiger partial charge in [0.1, 0.15) is 6.04 Å². The molecule has 1 atom stereocenters. The fraction of sp³-hybridized carbons (Fsp3) is 0.389. The van der Waals surface area contributed by atoms with Gasteiger partial charge in [-0.15, -0.1) is 11.3 Å². The van der Waals surface area contributed by atoms with E-state index in [-0.39, 0.29) is 5.91 Å². The lowest BCUT2D eigenvalue weighted by Gasteiger charge is -2.13. The molecule has 0 saturated carbocycles. The largest absolute Gasteiger partial charge is 0.316 e. The van der Waals surface area contributed by atoms with E-state index < -0.39 is 6.04 Å². The quantitative estimate of drug-likeness (QED) is 0.903. The lowest BCUT2D eigenvalue weighted by Crippen LogP contribution is -2.27. The van der Waals surface area contributed by atoms with Crippen LogP contribution in [0.5, 0.6) is 0 Å². The Bertz CT molecular complexity index is 688. The molecule has 0 spiro atoms. The fourth-order valence-electron chi connectivity index (χ4n) is 2.96. The first kappa shape index (κ1) is 15.3. The molecule has 22 heavy (non-hydrogen) atoms. The molecule has 3 rings (SSSR count). The number of thiophene rings is 1. The van der Waals surface area contributed by atoms with Gasteiger partial charge >= 0.3 is 0 Å². The molecule has 4 heteroatoms. The van der Waals surface area contributed by atoms with E-state index in [0.29, 0.717) is 0 Å². The summed E-state index contributed by atoms with van der Waals surface area (Å²) in [5.41, 5.74) is 10.8. The van der Waals surface area contributed by atoms with Gasteiger partial charge in [-0.05, 0) is 56.2 Å². The van der Waals surface area contributed by atoms with Crippen LogP contribution in [0.2, 0.25) is 0 Å². The summed E-state index contributed by atoms with van der Waals surface area (Å²) in [4.78, 5) is 13.9. The van der Waals surface area contributed by atoms with Gasteiger partial charge < -0.3 is 11.1 Å². The summed E-state index contributed by atoms with van der Waals surface area (Å²) in [7, 11) is 0. The van der Waals surface area contributed by atoms with E-state index in [9.17, 15) is 4.79 Å². The zero-order valence-electron chi connectivity index (χ0n) is 13.1. The summed E-state index contributed by atoms with van der Waals surface area (Å²) in [5.74, 6) is -0.134. The number of aryl methyl sites for hydroxylation is 2. The maximum absolute atomic E-state index is 12.4. The van der Waals surface area contributed by atoms with Gasteiger partial charge in [0.2, 0.25) is 5.91 Å². The molecule has 0 bridgehead atoms. The molecule has 1 aliphatic rings. The third kappa shape index (κ3) is 2.94. The molecule has 3 nitrogen and oxygen atoms in total. The van der Waals surface area contributed by atoms with Gasteiger partial charge in [0.15, 0.2) is 0 Å². The van der Waals surface area contributed by atoms with E-state index in [2.05, 4.69) is 12.2 Å². The van der Waals surface area contributed by atoms with Crippen molar-refractivity contribution in [3.05, 3.63) is 51.4 Å². The first-order valence-corrected chi connectivity index (χ1v) is 8.62. The molecular formula is C18H22N2OS. The standard InChI is InChI=1S/C18H22N2OS/c1-11-7-9-13(10-8-11)16(19)17(21)20-18-12(2)14-5-3-4-6-15(14)22-18/h7-10,16H,3-6,19H2,1-2H3,(H,20,21). The Morgan fingerprint density at radius 3 is 2.55 bits per heavy atom. The minimum absolute atomic E-state index is 0.134. The van der Waals surface area contributed by atoms with E-state index in [1.165, 1.54) is 28.8 Å². The van der Waals surface area contributed by atoms with Crippen molar-refractivity contribution in [3.63, 3.8) is 0 Å². The topological polar surface area (TPSA) is 55.1 Å². The Morgan fingerprint density at radius 1 is 1.18 bits per heavy atom. The predicted octanol–water partition coefficient (Wildman–Crippen LogP) is 3.88. The Labute approximate surface area is 135 Å². The van der Waals surface area contributed by atoms with Crippen LogP contribution < -0.4 is 11.1 Å². The molecule has 0 saturated heterocycles. The second kappa shape index (κ2) is 6.23. The van der Waals surface area contributed by atoms with Crippen LogP contribution in [-0.2, 0) is 17.6 Å². The van der Waals surface area contributed by atoms with Crippen molar-refractivity contribution in [2.75, 3.05) is 5.32 Å². The monoisotopic (exact) mass is 314 g/mol. The van der Waals surface area contributed by atoms with Crippen molar-refractivity contribution < 1.29 is 4.79 Å². The molecule has 1 unspecified atom stereocenters. The average molecular weight is 314 g/mol. The summed E-state index contributed by atoms with van der Waals surface area (Å²) >= 11 is 1.72. The number of nitrogens with one attached hydrogen (secondary N) is 1. The number of carbonyl (C=O) groups excluding carboxylic acids is 1. The van der Waals surface area contributed by atoms with Crippen LogP contribution in [0.25, 0.3) is 0 Å². The van der Waals surface area contributed by atoms with Crippen LogP contribution in [0.1, 0.15) is 46.0 Å². The zero-order valence-corrected chi connectivity index (χ0v) is 13.9. The number of benzene rings is 1. The molecule has 0 fully saturated rings. The SMILES string of the molecule is Cc1ccc(C(N)C(=O)Nc2sc3c(c2C)CCCC3)cc1. The van der Waals surface area contributed by atoms with Gasteiger partial charge in [0.05, 0.1) is 5.00 Å². The van der Waals surface area contributed by atoms with E-state index in [4.69, 9.17) is 5.73 Å². The van der Waals surface area contributed by atoms with Crippen molar-refractivity contribution in [1.82, 2.24) is 0 Å². The van der Waals surface area contributed by atoms with Crippen LogP contribution in [0.15, 0.2) is 24.3 Å². The molecule has 2 aromatic rings. The van der Waals surface area contributed by atoms with Crippen molar-refractivity contribution >= 4 is 22.2 Å². The molecule has 116 valence electrons. The number of hydrogen-bond acceptors (Lipinski definition) is 3. The molecule has 0 aliphatic heterocycles. The van der Waals surface area contributed by atoms with Gasteiger partial charge in [-0.25, -0.2) is 0 Å². The number of anilines is 1. The normalized spacial score (nSPS) is 15.2. The van der Waals surface area contributed by atoms with E-state index in [1.54, 1.807) is 11.3 Å². The average Bonchev–Trinajstić information content (AvgIpc) is 2.84. The van der Waals surface area contributed by atoms with Crippen molar-refractivity contribution in [2.45, 2.75) is 45.6 Å². The highest BCUT2D eigenvalue weighted by Gasteiger charge is 2.21. The smallest absolute Gasteiger partial charge is 0.246 e. The van der Waals surface area contributed by atoms with Gasteiger partial charge in [-0.3, -0.25) is 4.79 Å². The molecule has 0 radical (unpaired) electrons. The lowest BCUT2D eigenvalue weighted by molar-refractivity contribution is -0.117. The third-order valence-corrected chi connectivity index (χ3v) is 5.70. The summed E-state index contributed by atoms with van der Waals surface area (Å²) in [6.45, 7) is 4.13. The van der Waals surface area contributed by atoms with Crippen LogP contribution in [0, 0.1) is 13.8 Å². The van der Waals surface area contributed by atoms with Gasteiger partial charge in [0, 0.05) is 4.88 Å². The van der Waals surface area contributed by atoms with E-state index >= 15 is 0 Å². The van der Waals surface area contributed by atoms with Gasteiger partial charge in [-0.2, -0.15) is 0 Å². The van der Waals surface area contributed by atoms with Crippen LogP contribution in [-0.4, -0.2) is 5.91 Å². The van der Waals surface area contributed by atoms with Gasteiger partial charge in [-0.1, -0.05) is 29.8 Å². The second-order valence-electron chi connectivity index (χ2n) is 6.04. The number of carbonyl (C=O) groups is 1. The number of nitrogens with two attached hydrogens (primary N) is 1. The molecule has 1 aromatic heterocycles. The number of hydrogen-bond donors (Lipinski definition) is 2. The first-order chi connectivity index (χ1) is 10.6. The van der Waals surface area contributed by atoms with Gasteiger partial charge in [0.25, 0.3) is 0 Å². The molecule has 1 aromatic carbocycles. The summed E-state index contributed by atoms with van der Waals surface area (Å²) in [5, 5.41) is 4.01. The zero-order chi connectivity index (χ0) is 15.7. The first-order valence-electron chi connectivity index (χ1n) is 7.80. The number of fused-ring (bicyclic) bond motifs is 1. The van der Waals surface area contributed by atoms with Crippen molar-refractivity contribution in [1.29, 1.82) is 0 Å². The minimum Gasteiger partial charge on any atom is -0.316 e. The highest BCUT2D eigenvalue weighted by Crippen LogP contribution is 2.37. The summed E-state index contributed by atoms with van der Waals surface area (Å²) < 4.78 is 0.